The van der Waals surface area contributed by atoms with Crippen molar-refractivity contribution in [2.75, 3.05) is 13.1 Å². The molecule has 2 nitrogen and oxygen atoms in total. The molecule has 4 heteroatoms. The highest BCUT2D eigenvalue weighted by Crippen LogP contribution is 2.15. The van der Waals surface area contributed by atoms with Gasteiger partial charge in [0.2, 0.25) is 0 Å². The summed E-state index contributed by atoms with van der Waals surface area (Å²) < 4.78 is 25.9. The number of benzene rings is 1. The van der Waals surface area contributed by atoms with Gasteiger partial charge in [-0.3, -0.25) is 4.90 Å². The Labute approximate surface area is 93.5 Å². The summed E-state index contributed by atoms with van der Waals surface area (Å²) in [5.41, 5.74) is 0.647. The van der Waals surface area contributed by atoms with E-state index in [9.17, 15) is 13.9 Å². The van der Waals surface area contributed by atoms with Crippen molar-refractivity contribution in [1.82, 2.24) is 4.90 Å². The second kappa shape index (κ2) is 4.89. The SMILES string of the molecule is OC1CCN(Cc2cc(F)cc(F)c2)CC1. The Morgan fingerprint density at radius 1 is 1.12 bits per heavy atom. The van der Waals surface area contributed by atoms with Gasteiger partial charge in [0, 0.05) is 25.7 Å². The van der Waals surface area contributed by atoms with E-state index in [4.69, 9.17) is 0 Å². The zero-order valence-corrected chi connectivity index (χ0v) is 9.00. The number of likely N-dealkylation sites (tertiary alicyclic amines) is 1. The molecule has 0 bridgehead atoms. The zero-order chi connectivity index (χ0) is 11.5. The smallest absolute Gasteiger partial charge is 0.126 e. The van der Waals surface area contributed by atoms with Crippen molar-refractivity contribution in [3.63, 3.8) is 0 Å². The van der Waals surface area contributed by atoms with Gasteiger partial charge < -0.3 is 5.11 Å². The van der Waals surface area contributed by atoms with Gasteiger partial charge in [0.05, 0.1) is 6.10 Å². The highest BCUT2D eigenvalue weighted by molar-refractivity contribution is 5.17. The molecule has 1 aromatic carbocycles. The van der Waals surface area contributed by atoms with E-state index in [1.165, 1.54) is 12.1 Å². The first kappa shape index (κ1) is 11.5. The van der Waals surface area contributed by atoms with Crippen LogP contribution >= 0.6 is 0 Å². The van der Waals surface area contributed by atoms with Crippen LogP contribution in [0.25, 0.3) is 0 Å². The summed E-state index contributed by atoms with van der Waals surface area (Å²) in [7, 11) is 0. The number of halogens is 2. The summed E-state index contributed by atoms with van der Waals surface area (Å²) in [4.78, 5) is 2.10. The summed E-state index contributed by atoms with van der Waals surface area (Å²) in [5.74, 6) is -1.07. The third-order valence-electron chi connectivity index (χ3n) is 2.89. The Morgan fingerprint density at radius 2 is 1.69 bits per heavy atom. The maximum atomic E-state index is 12.9. The Hall–Kier alpha value is -1.00. The molecule has 16 heavy (non-hydrogen) atoms. The molecule has 1 aliphatic rings. The molecule has 0 aliphatic carbocycles. The topological polar surface area (TPSA) is 23.5 Å². The standard InChI is InChI=1S/C12H15F2NO/c13-10-5-9(6-11(14)7-10)8-15-3-1-12(16)2-4-15/h5-7,12,16H,1-4,8H2. The van der Waals surface area contributed by atoms with E-state index in [-0.39, 0.29) is 6.10 Å². The number of rotatable bonds is 2. The van der Waals surface area contributed by atoms with Crippen LogP contribution in [0.15, 0.2) is 18.2 Å². The minimum Gasteiger partial charge on any atom is -0.393 e. The molecule has 1 N–H and O–H groups in total. The lowest BCUT2D eigenvalue weighted by Crippen LogP contribution is -2.35. The van der Waals surface area contributed by atoms with Crippen molar-refractivity contribution in [2.24, 2.45) is 0 Å². The molecule has 88 valence electrons. The number of hydrogen-bond acceptors (Lipinski definition) is 2. The molecule has 1 heterocycles. The average Bonchev–Trinajstić information content (AvgIpc) is 2.20. The zero-order valence-electron chi connectivity index (χ0n) is 9.00. The average molecular weight is 227 g/mol. The van der Waals surface area contributed by atoms with Crippen LogP contribution in [-0.2, 0) is 6.54 Å². The molecule has 1 aromatic rings. The van der Waals surface area contributed by atoms with Gasteiger partial charge in [-0.15, -0.1) is 0 Å². The molecular formula is C12H15F2NO. The lowest BCUT2D eigenvalue weighted by molar-refractivity contribution is 0.0791. The molecule has 1 aliphatic heterocycles. The van der Waals surface area contributed by atoms with E-state index in [0.717, 1.165) is 32.0 Å². The first-order valence-corrected chi connectivity index (χ1v) is 5.49. The van der Waals surface area contributed by atoms with Crippen LogP contribution in [0.3, 0.4) is 0 Å². The van der Waals surface area contributed by atoms with Crippen LogP contribution in [-0.4, -0.2) is 29.2 Å². The van der Waals surface area contributed by atoms with Crippen LogP contribution < -0.4 is 0 Å². The predicted molar refractivity (Wildman–Crippen MR) is 56.9 cm³/mol. The monoisotopic (exact) mass is 227 g/mol. The maximum absolute atomic E-state index is 12.9. The van der Waals surface area contributed by atoms with Gasteiger partial charge in [-0.2, -0.15) is 0 Å². The van der Waals surface area contributed by atoms with Crippen LogP contribution in [0.1, 0.15) is 18.4 Å². The van der Waals surface area contributed by atoms with Gasteiger partial charge in [0.1, 0.15) is 11.6 Å². The minimum atomic E-state index is -0.535. The fourth-order valence-electron chi connectivity index (χ4n) is 2.04. The van der Waals surface area contributed by atoms with Gasteiger partial charge in [-0.05, 0) is 30.5 Å². The van der Waals surface area contributed by atoms with Crippen molar-refractivity contribution >= 4 is 0 Å². The minimum absolute atomic E-state index is 0.222. The number of piperidine rings is 1. The molecule has 1 fully saturated rings. The summed E-state index contributed by atoms with van der Waals surface area (Å²) in [6.07, 6.45) is 1.25. The molecule has 0 radical (unpaired) electrons. The Morgan fingerprint density at radius 3 is 2.25 bits per heavy atom. The van der Waals surface area contributed by atoms with E-state index in [1.54, 1.807) is 0 Å². The molecule has 2 rings (SSSR count). The summed E-state index contributed by atoms with van der Waals surface area (Å²) in [6, 6.07) is 3.59. The maximum Gasteiger partial charge on any atom is 0.126 e. The van der Waals surface area contributed by atoms with Crippen molar-refractivity contribution in [1.29, 1.82) is 0 Å². The summed E-state index contributed by atoms with van der Waals surface area (Å²) in [5, 5.41) is 9.33. The molecule has 0 aromatic heterocycles. The molecule has 0 saturated carbocycles. The molecule has 0 amide bonds. The van der Waals surface area contributed by atoms with Crippen LogP contribution in [0.5, 0.6) is 0 Å². The van der Waals surface area contributed by atoms with Crippen LogP contribution in [0, 0.1) is 11.6 Å². The fraction of sp³-hybridized carbons (Fsp3) is 0.500. The third kappa shape index (κ3) is 3.00. The summed E-state index contributed by atoms with van der Waals surface area (Å²) >= 11 is 0. The largest absolute Gasteiger partial charge is 0.393 e. The van der Waals surface area contributed by atoms with Crippen LogP contribution in [0.2, 0.25) is 0 Å². The normalized spacial score (nSPS) is 18.9. The van der Waals surface area contributed by atoms with Crippen molar-refractivity contribution in [3.8, 4) is 0 Å². The number of nitrogens with zero attached hydrogens (tertiary/aromatic N) is 1. The quantitative estimate of drug-likeness (QED) is 0.834. The molecule has 1 saturated heterocycles. The van der Waals surface area contributed by atoms with Gasteiger partial charge in [0.15, 0.2) is 0 Å². The second-order valence-electron chi connectivity index (χ2n) is 4.29. The van der Waals surface area contributed by atoms with E-state index in [1.807, 2.05) is 0 Å². The Bertz CT molecular complexity index is 342. The first-order chi connectivity index (χ1) is 7.63. The predicted octanol–water partition coefficient (Wildman–Crippen LogP) is 1.92. The lowest BCUT2D eigenvalue weighted by Gasteiger charge is -2.29. The van der Waals surface area contributed by atoms with Crippen molar-refractivity contribution in [2.45, 2.75) is 25.5 Å². The van der Waals surface area contributed by atoms with E-state index >= 15 is 0 Å². The van der Waals surface area contributed by atoms with Crippen molar-refractivity contribution in [3.05, 3.63) is 35.4 Å². The number of aliphatic hydroxyl groups is 1. The molecular weight excluding hydrogens is 212 g/mol. The highest BCUT2D eigenvalue weighted by atomic mass is 19.1. The number of aliphatic hydroxyl groups excluding tert-OH is 1. The first-order valence-electron chi connectivity index (χ1n) is 5.49. The highest BCUT2D eigenvalue weighted by Gasteiger charge is 2.17. The fourth-order valence-corrected chi connectivity index (χ4v) is 2.04. The summed E-state index contributed by atoms with van der Waals surface area (Å²) in [6.45, 7) is 2.10. The molecule has 0 atom stereocenters. The second-order valence-corrected chi connectivity index (χ2v) is 4.29. The van der Waals surface area contributed by atoms with Crippen molar-refractivity contribution < 1.29 is 13.9 Å². The van der Waals surface area contributed by atoms with E-state index in [0.29, 0.717) is 12.1 Å². The van der Waals surface area contributed by atoms with E-state index < -0.39 is 11.6 Å². The molecule has 0 unspecified atom stereocenters. The molecule has 0 spiro atoms. The van der Waals surface area contributed by atoms with Gasteiger partial charge in [-0.25, -0.2) is 8.78 Å². The van der Waals surface area contributed by atoms with Gasteiger partial charge >= 0.3 is 0 Å². The lowest BCUT2D eigenvalue weighted by atomic mass is 10.1. The van der Waals surface area contributed by atoms with E-state index in [2.05, 4.69) is 4.90 Å². The van der Waals surface area contributed by atoms with Crippen LogP contribution in [0.4, 0.5) is 8.78 Å². The Balaban J connectivity index is 1.98. The third-order valence-corrected chi connectivity index (χ3v) is 2.89. The number of hydrogen-bond donors (Lipinski definition) is 1. The Kier molecular flexibility index (Phi) is 3.51. The van der Waals surface area contributed by atoms with Gasteiger partial charge in [0.25, 0.3) is 0 Å². The van der Waals surface area contributed by atoms with Gasteiger partial charge in [-0.1, -0.05) is 0 Å².